The van der Waals surface area contributed by atoms with Crippen molar-refractivity contribution < 1.29 is 4.74 Å². The predicted octanol–water partition coefficient (Wildman–Crippen LogP) is 2.11. The second-order valence-electron chi connectivity index (χ2n) is 4.62. The van der Waals surface area contributed by atoms with Gasteiger partial charge in [0.05, 0.1) is 7.11 Å². The molecule has 0 radical (unpaired) electrons. The van der Waals surface area contributed by atoms with Crippen molar-refractivity contribution in [3.63, 3.8) is 0 Å². The summed E-state index contributed by atoms with van der Waals surface area (Å²) >= 11 is 1.36. The molecule has 0 spiro atoms. The number of nitriles is 1. The van der Waals surface area contributed by atoms with Crippen molar-refractivity contribution in [3.8, 4) is 11.8 Å². The molecule has 1 aromatic heterocycles. The molecule has 3 N–H and O–H groups in total. The van der Waals surface area contributed by atoms with Gasteiger partial charge in [0.2, 0.25) is 0 Å². The van der Waals surface area contributed by atoms with Gasteiger partial charge in [-0.3, -0.25) is 4.90 Å². The van der Waals surface area contributed by atoms with E-state index >= 15 is 0 Å². The maximum absolute atomic E-state index is 9.00. The highest BCUT2D eigenvalue weighted by Gasteiger charge is 2.24. The van der Waals surface area contributed by atoms with Crippen LogP contribution in [0, 0.1) is 11.3 Å². The van der Waals surface area contributed by atoms with Crippen molar-refractivity contribution in [2.75, 3.05) is 37.8 Å². The summed E-state index contributed by atoms with van der Waals surface area (Å²) in [6.07, 6.45) is 2.47. The fraction of sp³-hybridized carbons (Fsp3) is 0.615. The highest BCUT2D eigenvalue weighted by atomic mass is 32.1. The third-order valence-electron chi connectivity index (χ3n) is 3.61. The zero-order chi connectivity index (χ0) is 13.8. The van der Waals surface area contributed by atoms with E-state index in [2.05, 4.69) is 23.2 Å². The molecule has 0 aromatic carbocycles. The molecular formula is C13H20N4OS. The van der Waals surface area contributed by atoms with E-state index in [1.165, 1.54) is 30.7 Å². The second-order valence-corrected chi connectivity index (χ2v) is 5.65. The highest BCUT2D eigenvalue weighted by Crippen LogP contribution is 2.42. The van der Waals surface area contributed by atoms with Crippen LogP contribution in [0.2, 0.25) is 0 Å². The fourth-order valence-electron chi connectivity index (χ4n) is 2.58. The minimum atomic E-state index is 0.441. The lowest BCUT2D eigenvalue weighted by Gasteiger charge is -2.23. The number of hydrogen-bond donors (Lipinski definition) is 2. The number of likely N-dealkylation sites (N-methyl/N-ethyl adjacent to an activating group) is 1. The van der Waals surface area contributed by atoms with Crippen LogP contribution in [0.4, 0.5) is 10.7 Å². The van der Waals surface area contributed by atoms with Crippen LogP contribution in [0.3, 0.4) is 0 Å². The van der Waals surface area contributed by atoms with Crippen LogP contribution in [0.25, 0.3) is 0 Å². The van der Waals surface area contributed by atoms with Crippen LogP contribution in [0.15, 0.2) is 0 Å². The Labute approximate surface area is 118 Å². The number of nitrogens with one attached hydrogen (secondary N) is 1. The van der Waals surface area contributed by atoms with Gasteiger partial charge >= 0.3 is 0 Å². The van der Waals surface area contributed by atoms with Gasteiger partial charge in [0.1, 0.15) is 21.6 Å². The number of nitrogens with two attached hydrogens (primary N) is 1. The Balaban J connectivity index is 2.05. The summed E-state index contributed by atoms with van der Waals surface area (Å²) in [4.78, 5) is 2.99. The summed E-state index contributed by atoms with van der Waals surface area (Å²) in [5, 5.41) is 13.2. The lowest BCUT2D eigenvalue weighted by Crippen LogP contribution is -2.34. The van der Waals surface area contributed by atoms with Gasteiger partial charge in [-0.15, -0.1) is 11.3 Å². The highest BCUT2D eigenvalue weighted by molar-refractivity contribution is 7.17. The number of rotatable bonds is 5. The minimum Gasteiger partial charge on any atom is -0.492 e. The molecule has 2 heterocycles. The normalized spacial score (nSPS) is 19.3. The van der Waals surface area contributed by atoms with E-state index < -0.39 is 0 Å². The third kappa shape index (κ3) is 2.77. The van der Waals surface area contributed by atoms with Gasteiger partial charge < -0.3 is 15.8 Å². The zero-order valence-corrected chi connectivity index (χ0v) is 12.2. The third-order valence-corrected chi connectivity index (χ3v) is 4.66. The smallest absolute Gasteiger partial charge is 0.177 e. The minimum absolute atomic E-state index is 0.441. The van der Waals surface area contributed by atoms with E-state index in [0.717, 1.165) is 18.1 Å². The molecule has 0 saturated carbocycles. The monoisotopic (exact) mass is 280 g/mol. The van der Waals surface area contributed by atoms with Crippen LogP contribution in [-0.4, -0.2) is 37.7 Å². The van der Waals surface area contributed by atoms with Crippen LogP contribution in [0.5, 0.6) is 5.75 Å². The van der Waals surface area contributed by atoms with Gasteiger partial charge in [-0.05, 0) is 25.9 Å². The fourth-order valence-corrected chi connectivity index (χ4v) is 3.48. The Bertz CT molecular complexity index is 480. The molecule has 19 heavy (non-hydrogen) atoms. The van der Waals surface area contributed by atoms with Gasteiger partial charge in [0, 0.05) is 12.6 Å². The van der Waals surface area contributed by atoms with Crippen LogP contribution < -0.4 is 15.8 Å². The standard InChI is InChI=1S/C13H20N4OS/c1-3-17-6-4-5-9(17)8-16-13-12(18-2)11(15)10(7-14)19-13/h9,16H,3-6,8,15H2,1-2H3. The van der Waals surface area contributed by atoms with Crippen molar-refractivity contribution in [1.29, 1.82) is 5.26 Å². The van der Waals surface area contributed by atoms with E-state index in [4.69, 9.17) is 15.7 Å². The number of likely N-dealkylation sites (tertiary alicyclic amines) is 1. The molecule has 104 valence electrons. The average Bonchev–Trinajstić information content (AvgIpc) is 2.99. The van der Waals surface area contributed by atoms with Crippen molar-refractivity contribution in [1.82, 2.24) is 4.90 Å². The van der Waals surface area contributed by atoms with Gasteiger partial charge in [0.25, 0.3) is 0 Å². The molecular weight excluding hydrogens is 260 g/mol. The Morgan fingerprint density at radius 1 is 1.63 bits per heavy atom. The number of nitrogens with zero attached hydrogens (tertiary/aromatic N) is 2. The van der Waals surface area contributed by atoms with Crippen molar-refractivity contribution in [2.45, 2.75) is 25.8 Å². The largest absolute Gasteiger partial charge is 0.492 e. The molecule has 1 fully saturated rings. The zero-order valence-electron chi connectivity index (χ0n) is 11.4. The summed E-state index contributed by atoms with van der Waals surface area (Å²) in [5.41, 5.74) is 6.32. The van der Waals surface area contributed by atoms with E-state index in [9.17, 15) is 0 Å². The maximum Gasteiger partial charge on any atom is 0.177 e. The maximum atomic E-state index is 9.00. The van der Waals surface area contributed by atoms with Gasteiger partial charge in [-0.25, -0.2) is 0 Å². The SMILES string of the molecule is CCN1CCCC1CNc1sc(C#N)c(N)c1OC. The molecule has 1 aliphatic rings. The predicted molar refractivity (Wildman–Crippen MR) is 78.8 cm³/mol. The lowest BCUT2D eigenvalue weighted by atomic mass is 10.2. The van der Waals surface area contributed by atoms with Crippen LogP contribution in [-0.2, 0) is 0 Å². The van der Waals surface area contributed by atoms with Crippen LogP contribution in [0.1, 0.15) is 24.6 Å². The van der Waals surface area contributed by atoms with Gasteiger partial charge in [-0.2, -0.15) is 5.26 Å². The number of thiophene rings is 1. The molecule has 1 unspecified atom stereocenters. The first-order valence-corrected chi connectivity index (χ1v) is 7.37. The lowest BCUT2D eigenvalue weighted by molar-refractivity contribution is 0.277. The number of anilines is 2. The van der Waals surface area contributed by atoms with Crippen molar-refractivity contribution in [3.05, 3.63) is 4.88 Å². The summed E-state index contributed by atoms with van der Waals surface area (Å²) in [7, 11) is 1.58. The Kier molecular flexibility index (Phi) is 4.51. The molecule has 2 rings (SSSR count). The summed E-state index contributed by atoms with van der Waals surface area (Å²) in [6.45, 7) is 5.32. The molecule has 1 saturated heterocycles. The van der Waals surface area contributed by atoms with Gasteiger partial charge in [-0.1, -0.05) is 6.92 Å². The van der Waals surface area contributed by atoms with E-state index in [1.807, 2.05) is 0 Å². The first-order chi connectivity index (χ1) is 9.21. The van der Waals surface area contributed by atoms with E-state index in [1.54, 1.807) is 7.11 Å². The van der Waals surface area contributed by atoms with E-state index in [0.29, 0.717) is 22.4 Å². The molecule has 6 heteroatoms. The summed E-state index contributed by atoms with van der Waals surface area (Å²) in [6, 6.07) is 2.66. The quantitative estimate of drug-likeness (QED) is 0.864. The Hall–Kier alpha value is -1.45. The van der Waals surface area contributed by atoms with Gasteiger partial charge in [0.15, 0.2) is 5.75 Å². The topological polar surface area (TPSA) is 74.3 Å². The summed E-state index contributed by atoms with van der Waals surface area (Å²) < 4.78 is 5.29. The van der Waals surface area contributed by atoms with Crippen molar-refractivity contribution >= 4 is 22.0 Å². The molecule has 1 atom stereocenters. The Morgan fingerprint density at radius 3 is 3.05 bits per heavy atom. The number of hydrogen-bond acceptors (Lipinski definition) is 6. The molecule has 1 aromatic rings. The molecule has 5 nitrogen and oxygen atoms in total. The van der Waals surface area contributed by atoms with Crippen LogP contribution >= 0.6 is 11.3 Å². The molecule has 0 amide bonds. The number of ether oxygens (including phenoxy) is 1. The average molecular weight is 280 g/mol. The Morgan fingerprint density at radius 2 is 2.42 bits per heavy atom. The van der Waals surface area contributed by atoms with E-state index in [-0.39, 0.29) is 0 Å². The first-order valence-electron chi connectivity index (χ1n) is 6.55. The molecule has 0 aliphatic carbocycles. The molecule has 1 aliphatic heterocycles. The summed E-state index contributed by atoms with van der Waals surface area (Å²) in [5.74, 6) is 0.600. The molecule has 0 bridgehead atoms. The first kappa shape index (κ1) is 14.0. The van der Waals surface area contributed by atoms with Crippen molar-refractivity contribution in [2.24, 2.45) is 0 Å². The number of methoxy groups -OCH3 is 1. The number of nitrogen functional groups attached to an aromatic ring is 1. The second kappa shape index (κ2) is 6.13.